The van der Waals surface area contributed by atoms with Crippen molar-refractivity contribution < 1.29 is 4.79 Å². The van der Waals surface area contributed by atoms with Gasteiger partial charge in [0.2, 0.25) is 11.9 Å². The summed E-state index contributed by atoms with van der Waals surface area (Å²) in [5.41, 5.74) is 3.20. The highest BCUT2D eigenvalue weighted by Crippen LogP contribution is 2.13. The van der Waals surface area contributed by atoms with Crippen LogP contribution in [-0.4, -0.2) is 30.5 Å². The second-order valence-electron chi connectivity index (χ2n) is 5.79. The first kappa shape index (κ1) is 17.2. The molecule has 0 bridgehead atoms. The normalized spacial score (nSPS) is 10.8. The molecule has 130 valence electrons. The molecule has 3 aromatic rings. The number of hydrogen-bond acceptors (Lipinski definition) is 4. The largest absolute Gasteiger partial charge is 0.293 e. The van der Waals surface area contributed by atoms with Crippen molar-refractivity contribution in [3.63, 3.8) is 0 Å². The Labute approximate surface area is 150 Å². The van der Waals surface area contributed by atoms with Crippen molar-refractivity contribution in [3.8, 4) is 0 Å². The molecule has 2 heterocycles. The van der Waals surface area contributed by atoms with E-state index in [1.165, 1.54) is 5.56 Å². The van der Waals surface area contributed by atoms with Crippen LogP contribution in [0.25, 0.3) is 0 Å². The van der Waals surface area contributed by atoms with E-state index in [2.05, 4.69) is 33.5 Å². The summed E-state index contributed by atoms with van der Waals surface area (Å²) in [4.78, 5) is 16.2. The van der Waals surface area contributed by atoms with Gasteiger partial charge in [-0.1, -0.05) is 35.9 Å². The predicted octanol–water partition coefficient (Wildman–Crippen LogP) is 2.82. The van der Waals surface area contributed by atoms with E-state index in [-0.39, 0.29) is 12.3 Å². The highest BCUT2D eigenvalue weighted by atomic mass is 35.5. The molecule has 0 saturated heterocycles. The molecular weight excluding hydrogens is 340 g/mol. The van der Waals surface area contributed by atoms with E-state index in [1.807, 2.05) is 25.1 Å². The third-order valence-electron chi connectivity index (χ3n) is 3.98. The molecule has 0 spiro atoms. The molecule has 0 saturated carbocycles. The topological polar surface area (TPSA) is 77.6 Å². The number of anilines is 1. The van der Waals surface area contributed by atoms with Crippen molar-refractivity contribution in [2.45, 2.75) is 33.4 Å². The molecule has 1 N–H and O–H groups in total. The zero-order valence-corrected chi connectivity index (χ0v) is 14.9. The number of amides is 1. The van der Waals surface area contributed by atoms with Crippen LogP contribution < -0.4 is 5.32 Å². The summed E-state index contributed by atoms with van der Waals surface area (Å²) in [6.07, 6.45) is 3.45. The first-order chi connectivity index (χ1) is 12.0. The SMILES string of the molecule is Cc1ccccc1Cn1cnc(NC(=O)CCn2ncc(Cl)c2C)n1. The molecule has 25 heavy (non-hydrogen) atoms. The van der Waals surface area contributed by atoms with Gasteiger partial charge in [0, 0.05) is 6.42 Å². The van der Waals surface area contributed by atoms with E-state index in [0.717, 1.165) is 11.3 Å². The monoisotopic (exact) mass is 358 g/mol. The smallest absolute Gasteiger partial charge is 0.248 e. The molecule has 0 atom stereocenters. The van der Waals surface area contributed by atoms with Crippen LogP contribution in [0.1, 0.15) is 23.2 Å². The number of aromatic nitrogens is 5. The third kappa shape index (κ3) is 4.24. The van der Waals surface area contributed by atoms with Gasteiger partial charge in [-0.2, -0.15) is 5.10 Å². The predicted molar refractivity (Wildman–Crippen MR) is 95.5 cm³/mol. The van der Waals surface area contributed by atoms with E-state index < -0.39 is 0 Å². The molecule has 1 aromatic carbocycles. The Balaban J connectivity index is 1.55. The van der Waals surface area contributed by atoms with Gasteiger partial charge in [-0.15, -0.1) is 5.10 Å². The summed E-state index contributed by atoms with van der Waals surface area (Å²) in [6.45, 7) is 4.98. The second kappa shape index (κ2) is 7.48. The van der Waals surface area contributed by atoms with Crippen LogP contribution in [0, 0.1) is 13.8 Å². The van der Waals surface area contributed by atoms with Crippen LogP contribution in [0.5, 0.6) is 0 Å². The maximum atomic E-state index is 12.1. The minimum Gasteiger partial charge on any atom is -0.293 e. The number of benzene rings is 1. The molecular formula is C17H19ClN6O. The maximum absolute atomic E-state index is 12.1. The molecule has 0 aliphatic heterocycles. The summed E-state index contributed by atoms with van der Waals surface area (Å²) < 4.78 is 3.40. The van der Waals surface area contributed by atoms with Crippen molar-refractivity contribution in [1.29, 1.82) is 0 Å². The lowest BCUT2D eigenvalue weighted by Crippen LogP contribution is -2.16. The molecule has 1 amide bonds. The van der Waals surface area contributed by atoms with Crippen molar-refractivity contribution in [3.05, 3.63) is 58.6 Å². The summed E-state index contributed by atoms with van der Waals surface area (Å²) >= 11 is 5.95. The molecule has 0 fully saturated rings. The van der Waals surface area contributed by atoms with Gasteiger partial charge in [-0.3, -0.25) is 14.8 Å². The van der Waals surface area contributed by atoms with Crippen LogP contribution in [0.2, 0.25) is 5.02 Å². The van der Waals surface area contributed by atoms with Crippen molar-refractivity contribution in [2.24, 2.45) is 0 Å². The van der Waals surface area contributed by atoms with E-state index in [4.69, 9.17) is 11.6 Å². The number of nitrogens with zero attached hydrogens (tertiary/aromatic N) is 5. The number of nitrogens with one attached hydrogen (secondary N) is 1. The van der Waals surface area contributed by atoms with Gasteiger partial charge >= 0.3 is 0 Å². The second-order valence-corrected chi connectivity index (χ2v) is 6.20. The van der Waals surface area contributed by atoms with Crippen molar-refractivity contribution >= 4 is 23.5 Å². The fraction of sp³-hybridized carbons (Fsp3) is 0.294. The summed E-state index contributed by atoms with van der Waals surface area (Å²) in [6, 6.07) is 8.09. The van der Waals surface area contributed by atoms with E-state index in [9.17, 15) is 4.79 Å². The Morgan fingerprint density at radius 3 is 2.80 bits per heavy atom. The average Bonchev–Trinajstić information content (AvgIpc) is 3.15. The first-order valence-electron chi connectivity index (χ1n) is 7.94. The molecule has 2 aromatic heterocycles. The fourth-order valence-electron chi connectivity index (χ4n) is 2.43. The van der Waals surface area contributed by atoms with Gasteiger partial charge in [-0.25, -0.2) is 9.67 Å². The lowest BCUT2D eigenvalue weighted by atomic mass is 10.1. The summed E-state index contributed by atoms with van der Waals surface area (Å²) in [5.74, 6) is 0.133. The van der Waals surface area contributed by atoms with Crippen molar-refractivity contribution in [2.75, 3.05) is 5.32 Å². The first-order valence-corrected chi connectivity index (χ1v) is 8.32. The van der Waals surface area contributed by atoms with Crippen LogP contribution in [0.3, 0.4) is 0 Å². The number of aryl methyl sites for hydroxylation is 2. The van der Waals surface area contributed by atoms with E-state index in [1.54, 1.807) is 21.9 Å². The Morgan fingerprint density at radius 1 is 1.28 bits per heavy atom. The Kier molecular flexibility index (Phi) is 5.14. The minimum atomic E-state index is -0.167. The summed E-state index contributed by atoms with van der Waals surface area (Å²) in [5, 5.41) is 11.7. The van der Waals surface area contributed by atoms with Crippen LogP contribution in [-0.2, 0) is 17.9 Å². The van der Waals surface area contributed by atoms with Crippen LogP contribution in [0.4, 0.5) is 5.95 Å². The van der Waals surface area contributed by atoms with Gasteiger partial charge in [-0.05, 0) is 25.0 Å². The van der Waals surface area contributed by atoms with Gasteiger partial charge in [0.1, 0.15) is 6.33 Å². The summed E-state index contributed by atoms with van der Waals surface area (Å²) in [7, 11) is 0. The highest BCUT2D eigenvalue weighted by Gasteiger charge is 2.10. The maximum Gasteiger partial charge on any atom is 0.248 e. The third-order valence-corrected chi connectivity index (χ3v) is 4.35. The van der Waals surface area contributed by atoms with Crippen LogP contribution in [0.15, 0.2) is 36.8 Å². The molecule has 8 heteroatoms. The molecule has 0 aliphatic rings. The van der Waals surface area contributed by atoms with E-state index in [0.29, 0.717) is 24.1 Å². The zero-order chi connectivity index (χ0) is 17.8. The Hall–Kier alpha value is -2.67. The standard InChI is InChI=1S/C17H19ClN6O/c1-12-5-3-4-6-14(12)10-23-11-19-17(22-23)21-16(25)7-8-24-13(2)15(18)9-20-24/h3-6,9,11H,7-8,10H2,1-2H3,(H,21,22,25). The molecule has 7 nitrogen and oxygen atoms in total. The number of carbonyl (C=O) groups excluding carboxylic acids is 1. The zero-order valence-electron chi connectivity index (χ0n) is 14.1. The average molecular weight is 359 g/mol. The fourth-order valence-corrected chi connectivity index (χ4v) is 2.58. The number of hydrogen-bond donors (Lipinski definition) is 1. The highest BCUT2D eigenvalue weighted by molar-refractivity contribution is 6.31. The van der Waals surface area contributed by atoms with E-state index >= 15 is 0 Å². The van der Waals surface area contributed by atoms with Gasteiger partial charge < -0.3 is 0 Å². The molecule has 0 aliphatic carbocycles. The number of rotatable bonds is 6. The molecule has 3 rings (SSSR count). The van der Waals surface area contributed by atoms with Crippen LogP contribution >= 0.6 is 11.6 Å². The quantitative estimate of drug-likeness (QED) is 0.735. The number of carbonyl (C=O) groups is 1. The van der Waals surface area contributed by atoms with Gasteiger partial charge in [0.15, 0.2) is 0 Å². The Bertz CT molecular complexity index is 885. The minimum absolute atomic E-state index is 0.167. The van der Waals surface area contributed by atoms with Gasteiger partial charge in [0.05, 0.1) is 30.0 Å². The lowest BCUT2D eigenvalue weighted by Gasteiger charge is -2.05. The van der Waals surface area contributed by atoms with Gasteiger partial charge in [0.25, 0.3) is 0 Å². The lowest BCUT2D eigenvalue weighted by molar-refractivity contribution is -0.116. The molecule has 0 radical (unpaired) electrons. The van der Waals surface area contributed by atoms with Crippen molar-refractivity contribution in [1.82, 2.24) is 24.5 Å². The molecule has 0 unspecified atom stereocenters. The number of halogens is 1. The Morgan fingerprint density at radius 2 is 2.08 bits per heavy atom.